The van der Waals surface area contributed by atoms with Gasteiger partial charge in [0.2, 0.25) is 5.58 Å². The number of anilines is 1. The van der Waals surface area contributed by atoms with Gasteiger partial charge < -0.3 is 5.73 Å². The molecule has 2 rings (SSSR count). The highest BCUT2D eigenvalue weighted by Crippen LogP contribution is 2.20. The maximum absolute atomic E-state index is 13.2. The van der Waals surface area contributed by atoms with Crippen molar-refractivity contribution in [3.8, 4) is 0 Å². The van der Waals surface area contributed by atoms with Crippen LogP contribution in [0.3, 0.4) is 0 Å². The minimum atomic E-state index is -0.568. The first-order valence-electron chi connectivity index (χ1n) is 3.59. The highest BCUT2D eigenvalue weighted by atomic mass is 19.1. The molecule has 0 fully saturated rings. The fourth-order valence-electron chi connectivity index (χ4n) is 1.09. The molecule has 1 aromatic heterocycles. The molecular formula is C8H6FN2O2+. The third-order valence-electron chi connectivity index (χ3n) is 1.72. The third-order valence-corrected chi connectivity index (χ3v) is 1.72. The van der Waals surface area contributed by atoms with Crippen LogP contribution >= 0.6 is 0 Å². The first-order chi connectivity index (χ1) is 6.18. The summed E-state index contributed by atoms with van der Waals surface area (Å²) < 4.78 is 18.1. The molecule has 0 saturated carbocycles. The highest BCUT2D eigenvalue weighted by molar-refractivity contribution is 5.80. The van der Waals surface area contributed by atoms with Gasteiger partial charge in [0, 0.05) is 6.07 Å². The third kappa shape index (κ3) is 1.14. The second-order valence-electron chi connectivity index (χ2n) is 2.57. The molecule has 0 radical (unpaired) electrons. The van der Waals surface area contributed by atoms with Crippen LogP contribution in [0, 0.1) is 10.7 Å². The number of nitrogen functional groups attached to an aromatic ring is 1. The molecule has 1 heterocycles. The maximum atomic E-state index is 13.2. The molecule has 0 atom stereocenters. The van der Waals surface area contributed by atoms with Gasteiger partial charge in [-0.05, 0) is 12.1 Å². The van der Waals surface area contributed by atoms with E-state index in [1.807, 2.05) is 0 Å². The Morgan fingerprint density at radius 1 is 1.38 bits per heavy atom. The minimum Gasteiger partial charge on any atom is -0.396 e. The summed E-state index contributed by atoms with van der Waals surface area (Å²) in [5.41, 5.74) is 5.53. The number of aromatic nitrogens is 1. The number of halogens is 1. The van der Waals surface area contributed by atoms with Crippen molar-refractivity contribution in [1.82, 2.24) is 0 Å². The normalized spacial score (nSPS) is 10.5. The topological polar surface area (TPSA) is 62.1 Å². The number of rotatable bonds is 0. The van der Waals surface area contributed by atoms with E-state index in [1.54, 1.807) is 0 Å². The smallest absolute Gasteiger partial charge is 0.283 e. The van der Waals surface area contributed by atoms with E-state index in [9.17, 15) is 9.30 Å². The van der Waals surface area contributed by atoms with Crippen LogP contribution in [0.15, 0.2) is 28.9 Å². The number of hydrogen-bond acceptors (Lipinski definition) is 3. The summed E-state index contributed by atoms with van der Waals surface area (Å²) in [7, 11) is 0. The highest BCUT2D eigenvalue weighted by Gasteiger charge is 2.09. The van der Waals surface area contributed by atoms with E-state index >= 15 is 0 Å². The summed E-state index contributed by atoms with van der Waals surface area (Å²) in [6, 6.07) is 4.11. The Morgan fingerprint density at radius 2 is 2.15 bits per heavy atom. The summed E-state index contributed by atoms with van der Waals surface area (Å²) in [6.07, 6.45) is 1.07. The Labute approximate surface area is 71.9 Å². The molecule has 13 heavy (non-hydrogen) atoms. The van der Waals surface area contributed by atoms with Crippen LogP contribution in [0.5, 0.6) is 0 Å². The van der Waals surface area contributed by atoms with Crippen molar-refractivity contribution in [2.45, 2.75) is 0 Å². The van der Waals surface area contributed by atoms with Crippen molar-refractivity contribution in [2.75, 3.05) is 5.73 Å². The van der Waals surface area contributed by atoms with Crippen LogP contribution in [0.1, 0.15) is 0 Å². The zero-order chi connectivity index (χ0) is 9.42. The Balaban J connectivity index is 2.95. The van der Waals surface area contributed by atoms with Crippen molar-refractivity contribution in [3.05, 3.63) is 35.1 Å². The van der Waals surface area contributed by atoms with Crippen molar-refractivity contribution < 1.29 is 13.5 Å². The van der Waals surface area contributed by atoms with E-state index < -0.39 is 5.82 Å². The van der Waals surface area contributed by atoms with Crippen LogP contribution in [0.2, 0.25) is 0 Å². The monoisotopic (exact) mass is 181 g/mol. The summed E-state index contributed by atoms with van der Waals surface area (Å²) in [5.74, 6) is -0.568. The lowest BCUT2D eigenvalue weighted by Crippen LogP contribution is -2.10. The predicted octanol–water partition coefficient (Wildman–Crippen LogP) is 1.07. The van der Waals surface area contributed by atoms with Crippen LogP contribution in [-0.2, 0) is 0 Å². The molecule has 1 aromatic carbocycles. The van der Waals surface area contributed by atoms with Gasteiger partial charge in [0.05, 0.1) is 16.0 Å². The number of hydrogen-bond donors (Lipinski definition) is 1. The fourth-order valence-corrected chi connectivity index (χ4v) is 1.09. The molecule has 2 aromatic rings. The lowest BCUT2D eigenvalue weighted by Gasteiger charge is -1.96. The van der Waals surface area contributed by atoms with Gasteiger partial charge in [-0.15, -0.1) is 0 Å². The largest absolute Gasteiger partial charge is 0.396 e. The number of benzene rings is 1. The number of fused-ring (bicyclic) bond motifs is 1. The Hall–Kier alpha value is -1.91. The summed E-state index contributed by atoms with van der Waals surface area (Å²) in [6.45, 7) is 0. The molecule has 0 bridgehead atoms. The number of nitrogens with two attached hydrogens (primary N) is 1. The second kappa shape index (κ2) is 2.55. The maximum Gasteiger partial charge on any atom is 0.283 e. The molecule has 0 unspecified atom stereocenters. The Kier molecular flexibility index (Phi) is 1.51. The zero-order valence-corrected chi connectivity index (χ0v) is 6.53. The van der Waals surface area contributed by atoms with Crippen LogP contribution in [-0.4, -0.2) is 0 Å². The molecule has 0 aliphatic heterocycles. The van der Waals surface area contributed by atoms with Gasteiger partial charge in [-0.2, -0.15) is 4.52 Å². The van der Waals surface area contributed by atoms with Gasteiger partial charge in [0.25, 0.3) is 10.8 Å². The molecule has 0 amide bonds. The molecule has 0 saturated heterocycles. The van der Waals surface area contributed by atoms with Crippen molar-refractivity contribution in [3.63, 3.8) is 0 Å². The van der Waals surface area contributed by atoms with Crippen LogP contribution in [0.25, 0.3) is 11.0 Å². The van der Waals surface area contributed by atoms with Gasteiger partial charge in [-0.1, -0.05) is 0 Å². The van der Waals surface area contributed by atoms with Gasteiger partial charge in [-0.25, -0.2) is 4.39 Å². The van der Waals surface area contributed by atoms with E-state index in [2.05, 4.69) is 4.52 Å². The molecule has 5 heteroatoms. The minimum absolute atomic E-state index is 0.0337. The quantitative estimate of drug-likeness (QED) is 0.618. The van der Waals surface area contributed by atoms with Gasteiger partial charge in [0.15, 0.2) is 5.82 Å². The lowest BCUT2D eigenvalue weighted by atomic mass is 10.2. The predicted molar refractivity (Wildman–Crippen MR) is 44.0 cm³/mol. The van der Waals surface area contributed by atoms with E-state index in [1.165, 1.54) is 18.2 Å². The van der Waals surface area contributed by atoms with E-state index in [0.29, 0.717) is 0 Å². The average Bonchev–Trinajstić information content (AvgIpc) is 2.12. The van der Waals surface area contributed by atoms with Crippen molar-refractivity contribution in [1.29, 1.82) is 0 Å². The molecular weight excluding hydrogens is 175 g/mol. The molecule has 2 N–H and O–H groups in total. The molecule has 4 nitrogen and oxygen atoms in total. The summed E-state index contributed by atoms with van der Waals surface area (Å²) in [4.78, 5) is 10.7. The zero-order valence-electron chi connectivity index (χ0n) is 6.53. The van der Waals surface area contributed by atoms with E-state index in [0.717, 1.165) is 6.20 Å². The summed E-state index contributed by atoms with van der Waals surface area (Å²) in [5, 5.41) is 0.201. The van der Waals surface area contributed by atoms with Gasteiger partial charge in [0.1, 0.15) is 0 Å². The van der Waals surface area contributed by atoms with Gasteiger partial charge >= 0.3 is 0 Å². The first kappa shape index (κ1) is 7.72. The molecule has 0 aliphatic carbocycles. The standard InChI is InChI=1S/C8H6FN2O2/c9-8-5-3-4-11(12)13-7(5)2-1-6(8)10/h1-4H,10H2/q+1. The van der Waals surface area contributed by atoms with E-state index in [-0.39, 0.29) is 21.3 Å². The summed E-state index contributed by atoms with van der Waals surface area (Å²) >= 11 is 0. The van der Waals surface area contributed by atoms with Crippen molar-refractivity contribution in [2.24, 2.45) is 0 Å². The lowest BCUT2D eigenvalue weighted by molar-refractivity contribution is -0.701. The Bertz CT molecular complexity index is 521. The Morgan fingerprint density at radius 3 is 2.92 bits per heavy atom. The molecule has 66 valence electrons. The van der Waals surface area contributed by atoms with Crippen LogP contribution < -0.4 is 10.3 Å². The fraction of sp³-hybridized carbons (Fsp3) is 0. The number of nitrogens with zero attached hydrogens (tertiary/aromatic N) is 1. The first-order valence-corrected chi connectivity index (χ1v) is 3.59. The second-order valence-corrected chi connectivity index (χ2v) is 2.57. The van der Waals surface area contributed by atoms with E-state index in [4.69, 9.17) is 5.73 Å². The van der Waals surface area contributed by atoms with Crippen molar-refractivity contribution >= 4 is 16.7 Å². The molecule has 0 spiro atoms. The SMILES string of the molecule is Nc1ccc2o[n+](=O)ccc2c1F. The molecule has 0 aliphatic rings. The van der Waals surface area contributed by atoms with Gasteiger partial charge in [-0.3, -0.25) is 0 Å². The average molecular weight is 181 g/mol. The van der Waals surface area contributed by atoms with Crippen LogP contribution in [0.4, 0.5) is 10.1 Å².